The Kier molecular flexibility index (Phi) is 3.81. The van der Waals surface area contributed by atoms with Crippen molar-refractivity contribution in [3.05, 3.63) is 29.8 Å². The summed E-state index contributed by atoms with van der Waals surface area (Å²) in [5.74, 6) is 0.616. The van der Waals surface area contributed by atoms with Crippen molar-refractivity contribution in [2.45, 2.75) is 24.7 Å². The van der Waals surface area contributed by atoms with E-state index < -0.39 is 0 Å². The van der Waals surface area contributed by atoms with Gasteiger partial charge in [0, 0.05) is 25.8 Å². The summed E-state index contributed by atoms with van der Waals surface area (Å²) in [5, 5.41) is 6.50. The van der Waals surface area contributed by atoms with E-state index in [0.717, 1.165) is 57.7 Å². The molecule has 0 aromatic heterocycles. The Morgan fingerprint density at radius 3 is 3.04 bits per heavy atom. The number of para-hydroxylation sites is 1. The first kappa shape index (κ1) is 14.7. The van der Waals surface area contributed by atoms with Crippen molar-refractivity contribution in [2.75, 3.05) is 32.7 Å². The first-order valence-corrected chi connectivity index (χ1v) is 8.65. The van der Waals surface area contributed by atoms with Crippen LogP contribution >= 0.6 is 0 Å². The van der Waals surface area contributed by atoms with Crippen LogP contribution in [0.4, 0.5) is 10.5 Å². The van der Waals surface area contributed by atoms with Crippen molar-refractivity contribution >= 4 is 17.9 Å². The van der Waals surface area contributed by atoms with Crippen molar-refractivity contribution in [3.63, 3.8) is 0 Å². The van der Waals surface area contributed by atoms with E-state index >= 15 is 0 Å². The second-order valence-corrected chi connectivity index (χ2v) is 6.98. The molecule has 3 aliphatic rings. The number of urea groups is 1. The molecular weight excluding hydrogens is 288 g/mol. The Hall–Kier alpha value is -1.88. The molecule has 0 saturated carbocycles. The summed E-state index contributed by atoms with van der Waals surface area (Å²) in [4.78, 5) is 19.0. The van der Waals surface area contributed by atoms with Gasteiger partial charge < -0.3 is 15.5 Å². The highest BCUT2D eigenvalue weighted by Gasteiger charge is 2.43. The molecular formula is C18H24N4O. The molecule has 4 rings (SSSR count). The number of rotatable bonds is 2. The lowest BCUT2D eigenvalue weighted by molar-refractivity contribution is 0.204. The van der Waals surface area contributed by atoms with Crippen LogP contribution in [0.1, 0.15) is 24.8 Å². The first-order valence-electron chi connectivity index (χ1n) is 8.65. The Morgan fingerprint density at radius 2 is 2.17 bits per heavy atom. The molecule has 2 saturated heterocycles. The highest BCUT2D eigenvalue weighted by molar-refractivity contribution is 5.87. The van der Waals surface area contributed by atoms with Crippen molar-refractivity contribution in [1.29, 1.82) is 0 Å². The fraction of sp³-hybridized carbons (Fsp3) is 0.556. The van der Waals surface area contributed by atoms with E-state index in [1.807, 2.05) is 11.0 Å². The molecule has 0 aliphatic carbocycles. The van der Waals surface area contributed by atoms with E-state index in [1.54, 1.807) is 0 Å². The highest BCUT2D eigenvalue weighted by Crippen LogP contribution is 2.42. The number of piperidine rings is 1. The third-order valence-corrected chi connectivity index (χ3v) is 5.48. The van der Waals surface area contributed by atoms with Crippen LogP contribution in [0.5, 0.6) is 0 Å². The number of amides is 2. The molecule has 1 aromatic rings. The van der Waals surface area contributed by atoms with Crippen LogP contribution in [0.3, 0.4) is 0 Å². The molecule has 2 fully saturated rings. The number of hydrogen-bond donors (Lipinski definition) is 2. The number of nitrogens with zero attached hydrogens (tertiary/aromatic N) is 2. The largest absolute Gasteiger partial charge is 0.338 e. The molecule has 1 spiro atoms. The second kappa shape index (κ2) is 5.96. The lowest BCUT2D eigenvalue weighted by Crippen LogP contribution is -2.43. The van der Waals surface area contributed by atoms with Crippen LogP contribution in [0.25, 0.3) is 0 Å². The number of carbonyl (C=O) groups is 1. The molecule has 2 amide bonds. The Balaban J connectivity index is 1.37. The van der Waals surface area contributed by atoms with Crippen LogP contribution < -0.4 is 10.6 Å². The molecule has 3 heterocycles. The smallest absolute Gasteiger partial charge is 0.317 e. The number of nitrogens with one attached hydrogen (secondary N) is 2. The minimum atomic E-state index is -0.0668. The minimum absolute atomic E-state index is 0.0668. The second-order valence-electron chi connectivity index (χ2n) is 6.98. The standard InChI is InChI=1S/C18H24N4O/c23-17(20-11-14-5-8-19-9-6-14)22-10-7-18(13-22)12-21-16-4-2-1-3-15(16)18/h1-4,12,14,19H,5-11,13H2,(H,20,23). The predicted molar refractivity (Wildman–Crippen MR) is 91.5 cm³/mol. The number of benzene rings is 1. The van der Waals surface area contributed by atoms with Gasteiger partial charge in [-0.3, -0.25) is 4.99 Å². The van der Waals surface area contributed by atoms with Gasteiger partial charge in [-0.05, 0) is 49.9 Å². The Morgan fingerprint density at radius 1 is 1.35 bits per heavy atom. The van der Waals surface area contributed by atoms with Crippen molar-refractivity contribution < 1.29 is 4.79 Å². The van der Waals surface area contributed by atoms with Gasteiger partial charge in [0.15, 0.2) is 0 Å². The first-order chi connectivity index (χ1) is 11.3. The van der Waals surface area contributed by atoms with E-state index in [0.29, 0.717) is 5.92 Å². The van der Waals surface area contributed by atoms with Gasteiger partial charge in [0.25, 0.3) is 0 Å². The molecule has 5 nitrogen and oxygen atoms in total. The summed E-state index contributed by atoms with van der Waals surface area (Å²) >= 11 is 0. The third kappa shape index (κ3) is 2.74. The fourth-order valence-electron chi connectivity index (χ4n) is 4.03. The molecule has 1 atom stereocenters. The molecule has 1 aromatic carbocycles. The summed E-state index contributed by atoms with van der Waals surface area (Å²) in [6, 6.07) is 8.38. The Bertz CT molecular complexity index is 623. The maximum absolute atomic E-state index is 12.5. The van der Waals surface area contributed by atoms with E-state index in [4.69, 9.17) is 0 Å². The van der Waals surface area contributed by atoms with Gasteiger partial charge in [-0.2, -0.15) is 0 Å². The zero-order chi connectivity index (χ0) is 15.7. The maximum atomic E-state index is 12.5. The molecule has 0 bridgehead atoms. The number of aliphatic imine (C=N–C) groups is 1. The quantitative estimate of drug-likeness (QED) is 0.878. The van der Waals surface area contributed by atoms with Gasteiger partial charge in [-0.15, -0.1) is 0 Å². The van der Waals surface area contributed by atoms with Crippen LogP contribution in [-0.2, 0) is 5.41 Å². The topological polar surface area (TPSA) is 56.7 Å². The maximum Gasteiger partial charge on any atom is 0.317 e. The molecule has 23 heavy (non-hydrogen) atoms. The minimum Gasteiger partial charge on any atom is -0.338 e. The number of fused-ring (bicyclic) bond motifs is 2. The van der Waals surface area contributed by atoms with Gasteiger partial charge in [0.1, 0.15) is 0 Å². The van der Waals surface area contributed by atoms with Crippen LogP contribution in [-0.4, -0.2) is 49.9 Å². The summed E-state index contributed by atoms with van der Waals surface area (Å²) < 4.78 is 0. The van der Waals surface area contributed by atoms with E-state index in [-0.39, 0.29) is 11.4 Å². The fourth-order valence-corrected chi connectivity index (χ4v) is 4.03. The number of carbonyl (C=O) groups excluding carboxylic acids is 1. The molecule has 3 aliphatic heterocycles. The van der Waals surface area contributed by atoms with Crippen LogP contribution in [0, 0.1) is 5.92 Å². The summed E-state index contributed by atoms with van der Waals surface area (Å²) in [5.41, 5.74) is 2.26. The SMILES string of the molecule is O=C(NCC1CCNCC1)N1CCC2(C=Nc3ccccc32)C1. The highest BCUT2D eigenvalue weighted by atomic mass is 16.2. The summed E-state index contributed by atoms with van der Waals surface area (Å²) in [7, 11) is 0. The average molecular weight is 312 g/mol. The summed E-state index contributed by atoms with van der Waals surface area (Å²) in [6.07, 6.45) is 5.33. The number of likely N-dealkylation sites (tertiary alicyclic amines) is 1. The van der Waals surface area contributed by atoms with E-state index in [2.05, 4.69) is 40.0 Å². The normalized spacial score (nSPS) is 26.7. The monoisotopic (exact) mass is 312 g/mol. The van der Waals surface area contributed by atoms with Gasteiger partial charge in [-0.25, -0.2) is 4.79 Å². The molecule has 122 valence electrons. The van der Waals surface area contributed by atoms with E-state index in [9.17, 15) is 4.79 Å². The third-order valence-electron chi connectivity index (χ3n) is 5.48. The zero-order valence-corrected chi connectivity index (χ0v) is 13.4. The zero-order valence-electron chi connectivity index (χ0n) is 13.4. The van der Waals surface area contributed by atoms with Crippen molar-refractivity contribution in [2.24, 2.45) is 10.9 Å². The van der Waals surface area contributed by atoms with Crippen molar-refractivity contribution in [3.8, 4) is 0 Å². The van der Waals surface area contributed by atoms with Gasteiger partial charge in [0.2, 0.25) is 0 Å². The van der Waals surface area contributed by atoms with Crippen molar-refractivity contribution in [1.82, 2.24) is 15.5 Å². The van der Waals surface area contributed by atoms with Crippen LogP contribution in [0.2, 0.25) is 0 Å². The molecule has 2 N–H and O–H groups in total. The predicted octanol–water partition coefficient (Wildman–Crippen LogP) is 2.06. The summed E-state index contributed by atoms with van der Waals surface area (Å²) in [6.45, 7) is 4.49. The lowest BCUT2D eigenvalue weighted by atomic mass is 9.82. The molecule has 5 heteroatoms. The van der Waals surface area contributed by atoms with Gasteiger partial charge in [-0.1, -0.05) is 18.2 Å². The van der Waals surface area contributed by atoms with Crippen LogP contribution in [0.15, 0.2) is 29.3 Å². The average Bonchev–Trinajstić information content (AvgIpc) is 3.20. The molecule has 0 radical (unpaired) electrons. The van der Waals surface area contributed by atoms with Gasteiger partial charge in [0.05, 0.1) is 11.1 Å². The van der Waals surface area contributed by atoms with E-state index in [1.165, 1.54) is 5.56 Å². The Labute approximate surface area is 137 Å². The van der Waals surface area contributed by atoms with Gasteiger partial charge >= 0.3 is 6.03 Å². The number of hydrogen-bond acceptors (Lipinski definition) is 3. The lowest BCUT2D eigenvalue weighted by Gasteiger charge is -2.25. The molecule has 1 unspecified atom stereocenters.